The topological polar surface area (TPSA) is 185 Å². The molecule has 0 fully saturated rings. The van der Waals surface area contributed by atoms with Crippen LogP contribution in [0.2, 0.25) is 0 Å². The molecule has 0 saturated carbocycles. The van der Waals surface area contributed by atoms with Crippen molar-refractivity contribution in [3.05, 3.63) is 76.7 Å². The van der Waals surface area contributed by atoms with E-state index in [1.807, 2.05) is 62.5 Å². The average molecular weight is 879 g/mol. The van der Waals surface area contributed by atoms with Gasteiger partial charge in [-0.1, -0.05) is 51.8 Å². The molecule has 5 aromatic rings. The first-order valence-corrected chi connectivity index (χ1v) is 22.6. The van der Waals surface area contributed by atoms with Gasteiger partial charge in [-0.25, -0.2) is 23.1 Å². The van der Waals surface area contributed by atoms with E-state index in [0.717, 1.165) is 71.4 Å². The Morgan fingerprint density at radius 3 is 2.15 bits per heavy atom. The molecule has 0 aliphatic rings. The third kappa shape index (κ3) is 14.7. The molecular weight excluding hydrogens is 830 g/mol. The summed E-state index contributed by atoms with van der Waals surface area (Å²) < 4.78 is 56.1. The lowest BCUT2D eigenvalue weighted by Crippen LogP contribution is -2.47. The number of hydrogen-bond donors (Lipinski definition) is 4. The van der Waals surface area contributed by atoms with Crippen LogP contribution in [0.3, 0.4) is 0 Å². The number of thiazole rings is 2. The molecule has 0 saturated heterocycles. The zero-order valence-electron chi connectivity index (χ0n) is 30.4. The van der Waals surface area contributed by atoms with E-state index < -0.39 is 20.2 Å². The first-order valence-electron chi connectivity index (χ1n) is 17.1. The fraction of sp³-hybridized carbons (Fsp3) is 0.412. The standard InChI is InChI=1S/C17H27N5O2S2.C17H20N4O2S3.2ClH/c1-4-9-14(21-26(23,24)22(5-2)6-3)12-19-17-20-16(13-25-17)15-10-7-8-11-18-15;18-17-16(13-7-3-5-10-19-13)21-14(25-17)8-2-1-4-11-20-26(22,23)15-9-6-12-24-15;;/h7-8,10-11,13-14,21H,4-6,9,12H2,1-3H3,(H,19,20);3,5-7,9-10,12,20H,1-2,4,8,11,18H2;2*1H. The van der Waals surface area contributed by atoms with E-state index in [-0.39, 0.29) is 30.9 Å². The van der Waals surface area contributed by atoms with Crippen LogP contribution >= 0.6 is 58.8 Å². The minimum atomic E-state index is -3.47. The molecule has 1 atom stereocenters. The minimum Gasteiger partial charge on any atom is -0.389 e. The van der Waals surface area contributed by atoms with Crippen molar-refractivity contribution in [1.82, 2.24) is 33.7 Å². The number of pyridine rings is 2. The SMILES string of the molecule is CCCC(CNc1nc(-c2ccccn2)cs1)NS(=O)(=O)N(CC)CC.Cl.Cl.Nc1sc(CCCCCNS(=O)(=O)c2cccs2)nc1-c1ccccn1. The Morgan fingerprint density at radius 2 is 1.54 bits per heavy atom. The van der Waals surface area contributed by atoms with Crippen LogP contribution in [0.4, 0.5) is 10.1 Å². The molecule has 0 aromatic carbocycles. The number of hydrogen-bond acceptors (Lipinski definition) is 13. The van der Waals surface area contributed by atoms with Gasteiger partial charge in [0.2, 0.25) is 10.0 Å². The molecular formula is C34H49Cl2N9O4S5. The molecule has 5 heterocycles. The number of nitrogens with zero attached hydrogens (tertiary/aromatic N) is 5. The monoisotopic (exact) mass is 877 g/mol. The smallest absolute Gasteiger partial charge is 0.279 e. The van der Waals surface area contributed by atoms with E-state index in [1.54, 1.807) is 29.9 Å². The third-order valence-electron chi connectivity index (χ3n) is 7.65. The van der Waals surface area contributed by atoms with Gasteiger partial charge in [0.25, 0.3) is 10.2 Å². The Labute approximate surface area is 343 Å². The van der Waals surface area contributed by atoms with E-state index in [2.05, 4.69) is 34.7 Å². The van der Waals surface area contributed by atoms with Crippen LogP contribution in [0.1, 0.15) is 57.9 Å². The molecule has 5 rings (SSSR count). The van der Waals surface area contributed by atoms with Gasteiger partial charge in [-0.3, -0.25) is 9.97 Å². The molecule has 0 spiro atoms. The maximum Gasteiger partial charge on any atom is 0.279 e. The van der Waals surface area contributed by atoms with Crippen LogP contribution in [-0.2, 0) is 26.7 Å². The Balaban J connectivity index is 0.000000360. The van der Waals surface area contributed by atoms with Gasteiger partial charge in [-0.2, -0.15) is 17.4 Å². The summed E-state index contributed by atoms with van der Waals surface area (Å²) in [5.41, 5.74) is 9.23. The molecule has 0 amide bonds. The number of aryl methyl sites for hydroxylation is 1. The number of thiophene rings is 1. The van der Waals surface area contributed by atoms with Crippen LogP contribution in [0.25, 0.3) is 22.8 Å². The molecule has 54 heavy (non-hydrogen) atoms. The van der Waals surface area contributed by atoms with Crippen LogP contribution in [0, 0.1) is 0 Å². The van der Waals surface area contributed by atoms with Gasteiger partial charge >= 0.3 is 0 Å². The number of aromatic nitrogens is 4. The molecule has 13 nitrogen and oxygen atoms in total. The molecule has 5 N–H and O–H groups in total. The Hall–Kier alpha value is -2.78. The van der Waals surface area contributed by atoms with E-state index >= 15 is 0 Å². The average Bonchev–Trinajstić information content (AvgIpc) is 3.93. The Morgan fingerprint density at radius 1 is 0.833 bits per heavy atom. The highest BCUT2D eigenvalue weighted by Crippen LogP contribution is 2.30. The van der Waals surface area contributed by atoms with Gasteiger partial charge in [0, 0.05) is 50.0 Å². The molecule has 0 bridgehead atoms. The molecule has 298 valence electrons. The van der Waals surface area contributed by atoms with Crippen molar-refractivity contribution < 1.29 is 16.8 Å². The first kappa shape index (κ1) is 47.4. The fourth-order valence-corrected chi connectivity index (χ4v) is 10.2. The fourth-order valence-electron chi connectivity index (χ4n) is 5.04. The lowest BCUT2D eigenvalue weighted by Gasteiger charge is -2.24. The summed E-state index contributed by atoms with van der Waals surface area (Å²) in [6.45, 7) is 7.56. The van der Waals surface area contributed by atoms with E-state index in [0.29, 0.717) is 35.4 Å². The van der Waals surface area contributed by atoms with Gasteiger partial charge in [0.05, 0.1) is 16.4 Å². The second kappa shape index (κ2) is 24.0. The van der Waals surface area contributed by atoms with Gasteiger partial charge in [-0.15, -0.1) is 58.8 Å². The summed E-state index contributed by atoms with van der Waals surface area (Å²) in [5.74, 6) is 0. The lowest BCUT2D eigenvalue weighted by atomic mass is 10.2. The Bertz CT molecular complexity index is 1980. The predicted molar refractivity (Wildman–Crippen MR) is 229 cm³/mol. The molecule has 20 heteroatoms. The van der Waals surface area contributed by atoms with Crippen molar-refractivity contribution in [2.24, 2.45) is 0 Å². The van der Waals surface area contributed by atoms with Crippen molar-refractivity contribution in [3.63, 3.8) is 0 Å². The highest BCUT2D eigenvalue weighted by atomic mass is 35.5. The van der Waals surface area contributed by atoms with E-state index in [9.17, 15) is 16.8 Å². The van der Waals surface area contributed by atoms with Gasteiger partial charge in [0.1, 0.15) is 20.6 Å². The second-order valence-corrected chi connectivity index (χ2v) is 18.1. The van der Waals surface area contributed by atoms with Gasteiger partial charge < -0.3 is 11.1 Å². The maximum atomic E-state index is 12.4. The third-order valence-corrected chi connectivity index (χ3v) is 14.1. The zero-order chi connectivity index (χ0) is 37.4. The quantitative estimate of drug-likeness (QED) is 0.0577. The lowest BCUT2D eigenvalue weighted by molar-refractivity contribution is 0.422. The Kier molecular flexibility index (Phi) is 21.0. The van der Waals surface area contributed by atoms with Crippen LogP contribution in [-0.4, -0.2) is 73.3 Å². The van der Waals surface area contributed by atoms with Crippen LogP contribution in [0.5, 0.6) is 0 Å². The van der Waals surface area contributed by atoms with Crippen LogP contribution in [0.15, 0.2) is 75.9 Å². The summed E-state index contributed by atoms with van der Waals surface area (Å²) in [5, 5.41) is 9.38. The molecule has 0 aliphatic heterocycles. The number of unbranched alkanes of at least 4 members (excludes halogenated alkanes) is 2. The first-order chi connectivity index (χ1) is 25.1. The summed E-state index contributed by atoms with van der Waals surface area (Å²) in [7, 11) is -6.82. The number of anilines is 2. The largest absolute Gasteiger partial charge is 0.389 e. The highest BCUT2D eigenvalue weighted by Gasteiger charge is 2.23. The molecule has 5 aromatic heterocycles. The number of nitrogen functional groups attached to an aromatic ring is 1. The van der Waals surface area contributed by atoms with Gasteiger partial charge in [-0.05, 0) is 61.4 Å². The number of nitrogens with two attached hydrogens (primary N) is 1. The number of halogens is 2. The second-order valence-electron chi connectivity index (χ2n) is 11.5. The number of nitrogens with one attached hydrogen (secondary N) is 3. The van der Waals surface area contributed by atoms with Gasteiger partial charge in [0.15, 0.2) is 5.13 Å². The maximum absolute atomic E-state index is 12.4. The molecule has 0 aliphatic carbocycles. The number of sulfonamides is 1. The number of rotatable bonds is 20. The highest BCUT2D eigenvalue weighted by molar-refractivity contribution is 7.91. The van der Waals surface area contributed by atoms with Crippen molar-refractivity contribution in [2.75, 3.05) is 37.2 Å². The summed E-state index contributed by atoms with van der Waals surface area (Å²) >= 11 is 4.20. The summed E-state index contributed by atoms with van der Waals surface area (Å²) in [4.78, 5) is 17.7. The normalized spacial score (nSPS) is 11.9. The van der Waals surface area contributed by atoms with Crippen molar-refractivity contribution in [2.45, 2.75) is 69.5 Å². The van der Waals surface area contributed by atoms with E-state index in [1.165, 1.54) is 38.3 Å². The molecule has 1 unspecified atom stereocenters. The van der Waals surface area contributed by atoms with E-state index in [4.69, 9.17) is 5.73 Å². The van der Waals surface area contributed by atoms with Crippen molar-refractivity contribution >= 4 is 89.2 Å². The minimum absolute atomic E-state index is 0. The summed E-state index contributed by atoms with van der Waals surface area (Å²) in [6, 6.07) is 14.5. The predicted octanol–water partition coefficient (Wildman–Crippen LogP) is 7.35. The van der Waals surface area contributed by atoms with Crippen LogP contribution < -0.4 is 20.5 Å². The van der Waals surface area contributed by atoms with Crippen molar-refractivity contribution in [3.8, 4) is 22.8 Å². The zero-order valence-corrected chi connectivity index (χ0v) is 36.1. The summed E-state index contributed by atoms with van der Waals surface area (Å²) in [6.07, 6.45) is 8.60. The molecule has 0 radical (unpaired) electrons. The van der Waals surface area contributed by atoms with Crippen molar-refractivity contribution in [1.29, 1.82) is 0 Å².